The van der Waals surface area contributed by atoms with Crippen LogP contribution in [0.25, 0.3) is 20.7 Å². The van der Waals surface area contributed by atoms with Crippen LogP contribution in [0.5, 0.6) is 0 Å². The van der Waals surface area contributed by atoms with Gasteiger partial charge in [0, 0.05) is 22.9 Å². The first-order valence-electron chi connectivity index (χ1n) is 7.15. The molecule has 0 aliphatic heterocycles. The third-order valence-electron chi connectivity index (χ3n) is 3.20. The van der Waals surface area contributed by atoms with Gasteiger partial charge in [0.2, 0.25) is 0 Å². The molecule has 0 bridgehead atoms. The molecule has 6 nitrogen and oxygen atoms in total. The summed E-state index contributed by atoms with van der Waals surface area (Å²) in [4.78, 5) is 25.8. The number of nitrogens with zero attached hydrogens (tertiary/aromatic N) is 2. The maximum absolute atomic E-state index is 12.5. The van der Waals surface area contributed by atoms with Gasteiger partial charge in [0.15, 0.2) is 5.17 Å². The standard InChI is InChI=1S/C15H16N4O2S3/c1-21-5-4-17-15(16)24-8-11-18-13(20)12-9(7-23-14(12)19-11)10-3-2-6-22-10/h2-3,6-7H,4-5,8H2,1H3,(H2,16,17)(H,18,19,20). The van der Waals surface area contributed by atoms with Gasteiger partial charge in [-0.2, -0.15) is 0 Å². The smallest absolute Gasteiger partial charge is 0.260 e. The average molecular weight is 381 g/mol. The normalized spacial score (nSPS) is 12.1. The zero-order valence-electron chi connectivity index (χ0n) is 12.9. The van der Waals surface area contributed by atoms with Gasteiger partial charge in [0.25, 0.3) is 5.56 Å². The van der Waals surface area contributed by atoms with Crippen LogP contribution >= 0.6 is 34.4 Å². The molecule has 0 saturated heterocycles. The summed E-state index contributed by atoms with van der Waals surface area (Å²) in [6.07, 6.45) is 0. The van der Waals surface area contributed by atoms with Crippen LogP contribution in [0, 0.1) is 0 Å². The maximum atomic E-state index is 12.5. The van der Waals surface area contributed by atoms with E-state index in [9.17, 15) is 4.79 Å². The topological polar surface area (TPSA) is 93.4 Å². The summed E-state index contributed by atoms with van der Waals surface area (Å²) in [6, 6.07) is 3.98. The van der Waals surface area contributed by atoms with Gasteiger partial charge in [0.1, 0.15) is 10.7 Å². The summed E-state index contributed by atoms with van der Waals surface area (Å²) in [5, 5.41) is 5.09. The minimum atomic E-state index is -0.116. The third kappa shape index (κ3) is 3.86. The summed E-state index contributed by atoms with van der Waals surface area (Å²) in [7, 11) is 1.62. The number of aromatic amines is 1. The molecule has 0 unspecified atom stereocenters. The molecule has 0 amide bonds. The van der Waals surface area contributed by atoms with Crippen LogP contribution in [0.3, 0.4) is 0 Å². The molecule has 3 aromatic rings. The van der Waals surface area contributed by atoms with E-state index in [0.29, 0.717) is 35.3 Å². The average Bonchev–Trinajstić information content (AvgIpc) is 3.22. The molecule has 3 aromatic heterocycles. The summed E-state index contributed by atoms with van der Waals surface area (Å²) < 4.78 is 4.92. The van der Waals surface area contributed by atoms with Gasteiger partial charge in [0.05, 0.1) is 24.3 Å². The van der Waals surface area contributed by atoms with E-state index < -0.39 is 0 Å². The Bertz CT molecular complexity index is 899. The Morgan fingerprint density at radius 2 is 2.38 bits per heavy atom. The molecule has 0 radical (unpaired) electrons. The van der Waals surface area contributed by atoms with E-state index in [-0.39, 0.29) is 5.56 Å². The molecular weight excluding hydrogens is 364 g/mol. The van der Waals surface area contributed by atoms with Gasteiger partial charge in [-0.3, -0.25) is 9.79 Å². The Labute approximate surface area is 150 Å². The molecule has 0 aromatic carbocycles. The number of thiophene rings is 2. The zero-order valence-corrected chi connectivity index (χ0v) is 15.4. The second-order valence-electron chi connectivity index (χ2n) is 4.82. The van der Waals surface area contributed by atoms with Crippen LogP contribution in [0.4, 0.5) is 0 Å². The Morgan fingerprint density at radius 1 is 1.50 bits per heavy atom. The third-order valence-corrected chi connectivity index (χ3v) is 5.82. The van der Waals surface area contributed by atoms with Crippen LogP contribution in [-0.4, -0.2) is 35.4 Å². The molecule has 0 spiro atoms. The lowest BCUT2D eigenvalue weighted by molar-refractivity contribution is 0.208. The molecule has 24 heavy (non-hydrogen) atoms. The first-order valence-corrected chi connectivity index (χ1v) is 9.89. The molecule has 3 heterocycles. The monoisotopic (exact) mass is 380 g/mol. The van der Waals surface area contributed by atoms with Crippen LogP contribution in [-0.2, 0) is 10.5 Å². The SMILES string of the molecule is COCCN=C(N)SCc1nc2scc(-c3cccs3)c2c(=O)[nH]1. The van der Waals surface area contributed by atoms with Crippen molar-refractivity contribution in [3.8, 4) is 10.4 Å². The first-order chi connectivity index (χ1) is 11.7. The molecule has 3 N–H and O–H groups in total. The van der Waals surface area contributed by atoms with Gasteiger partial charge < -0.3 is 15.5 Å². The highest BCUT2D eigenvalue weighted by atomic mass is 32.2. The maximum Gasteiger partial charge on any atom is 0.260 e. The predicted molar refractivity (Wildman–Crippen MR) is 103 cm³/mol. The van der Waals surface area contributed by atoms with Crippen LogP contribution < -0.4 is 11.3 Å². The Kier molecular flexibility index (Phi) is 5.67. The van der Waals surface area contributed by atoms with Crippen molar-refractivity contribution >= 4 is 49.8 Å². The number of fused-ring (bicyclic) bond motifs is 1. The minimum absolute atomic E-state index is 0.116. The number of hydrogen-bond acceptors (Lipinski definition) is 7. The number of nitrogens with one attached hydrogen (secondary N) is 1. The Hall–Kier alpha value is -1.68. The van der Waals surface area contributed by atoms with E-state index in [1.807, 2.05) is 22.9 Å². The highest BCUT2D eigenvalue weighted by Gasteiger charge is 2.13. The fourth-order valence-electron chi connectivity index (χ4n) is 2.11. The molecule has 0 aliphatic carbocycles. The highest BCUT2D eigenvalue weighted by molar-refractivity contribution is 8.13. The van der Waals surface area contributed by atoms with Gasteiger partial charge >= 0.3 is 0 Å². The number of amidine groups is 1. The van der Waals surface area contributed by atoms with Gasteiger partial charge in [-0.15, -0.1) is 22.7 Å². The lowest BCUT2D eigenvalue weighted by Crippen LogP contribution is -2.13. The summed E-state index contributed by atoms with van der Waals surface area (Å²) >= 11 is 4.44. The second kappa shape index (κ2) is 7.93. The van der Waals surface area contributed by atoms with E-state index >= 15 is 0 Å². The van der Waals surface area contributed by atoms with E-state index in [1.165, 1.54) is 23.1 Å². The largest absolute Gasteiger partial charge is 0.383 e. The fraction of sp³-hybridized carbons (Fsp3) is 0.267. The quantitative estimate of drug-likeness (QED) is 0.390. The van der Waals surface area contributed by atoms with Crippen molar-refractivity contribution in [3.63, 3.8) is 0 Å². The molecule has 126 valence electrons. The van der Waals surface area contributed by atoms with Crippen molar-refractivity contribution in [2.24, 2.45) is 10.7 Å². The molecule has 3 rings (SSSR count). The molecule has 9 heteroatoms. The van der Waals surface area contributed by atoms with Gasteiger partial charge in [-0.1, -0.05) is 17.8 Å². The molecule has 0 fully saturated rings. The lowest BCUT2D eigenvalue weighted by Gasteiger charge is -2.02. The van der Waals surface area contributed by atoms with E-state index in [4.69, 9.17) is 10.5 Å². The molecule has 0 atom stereocenters. The van der Waals surface area contributed by atoms with E-state index in [1.54, 1.807) is 18.4 Å². The van der Waals surface area contributed by atoms with Crippen molar-refractivity contribution in [2.45, 2.75) is 5.75 Å². The van der Waals surface area contributed by atoms with Crippen molar-refractivity contribution in [3.05, 3.63) is 39.1 Å². The second-order valence-corrected chi connectivity index (χ2v) is 7.62. The van der Waals surface area contributed by atoms with Gasteiger partial charge in [-0.25, -0.2) is 4.98 Å². The van der Waals surface area contributed by atoms with Crippen LogP contribution in [0.1, 0.15) is 5.82 Å². The van der Waals surface area contributed by atoms with Gasteiger partial charge in [-0.05, 0) is 11.4 Å². The summed E-state index contributed by atoms with van der Waals surface area (Å²) in [5.74, 6) is 1.07. The van der Waals surface area contributed by atoms with Crippen molar-refractivity contribution in [2.75, 3.05) is 20.3 Å². The number of aliphatic imine (C=N–C) groups is 1. The molecular formula is C15H16N4O2S3. The lowest BCUT2D eigenvalue weighted by atomic mass is 10.2. The number of methoxy groups -OCH3 is 1. The van der Waals surface area contributed by atoms with E-state index in [2.05, 4.69) is 15.0 Å². The molecule has 0 saturated carbocycles. The fourth-order valence-corrected chi connectivity index (χ4v) is 4.50. The number of aromatic nitrogens is 2. The van der Waals surface area contributed by atoms with Crippen molar-refractivity contribution in [1.29, 1.82) is 0 Å². The number of ether oxygens (including phenoxy) is 1. The predicted octanol–water partition coefficient (Wildman–Crippen LogP) is 2.91. The minimum Gasteiger partial charge on any atom is -0.383 e. The van der Waals surface area contributed by atoms with Crippen LogP contribution in [0.15, 0.2) is 32.7 Å². The Morgan fingerprint density at radius 3 is 3.12 bits per heavy atom. The number of thioether (sulfide) groups is 1. The number of nitrogens with two attached hydrogens (primary N) is 1. The van der Waals surface area contributed by atoms with Crippen molar-refractivity contribution < 1.29 is 4.74 Å². The number of hydrogen-bond donors (Lipinski definition) is 2. The Balaban J connectivity index is 1.80. The number of H-pyrrole nitrogens is 1. The highest BCUT2D eigenvalue weighted by Crippen LogP contribution is 2.33. The molecule has 0 aliphatic rings. The first kappa shape index (κ1) is 17.2. The number of rotatable bonds is 6. The summed E-state index contributed by atoms with van der Waals surface area (Å²) in [6.45, 7) is 1.05. The van der Waals surface area contributed by atoms with Crippen molar-refractivity contribution in [1.82, 2.24) is 9.97 Å². The summed E-state index contributed by atoms with van der Waals surface area (Å²) in [5.41, 5.74) is 6.65. The zero-order chi connectivity index (χ0) is 16.9. The van der Waals surface area contributed by atoms with E-state index in [0.717, 1.165) is 15.3 Å². The van der Waals surface area contributed by atoms with Crippen LogP contribution in [0.2, 0.25) is 0 Å².